The van der Waals surface area contributed by atoms with Gasteiger partial charge in [-0.3, -0.25) is 4.79 Å². The van der Waals surface area contributed by atoms with E-state index in [-0.39, 0.29) is 39.0 Å². The van der Waals surface area contributed by atoms with E-state index in [1.54, 1.807) is 0 Å². The molecule has 0 unspecified atom stereocenters. The number of halogens is 7. The standard InChI is InChI=1S/C23H11ClF6O3/c1-9-15(32-8-12-17(26)19(28)21(30)20(29)18(12)27)6-5-10-22(31)16(33-23(9)10)7-11-13(24)3-2-4-14(11)25/h2-7H,8H2,1H3/b16-7-. The van der Waals surface area contributed by atoms with E-state index in [1.807, 2.05) is 0 Å². The van der Waals surface area contributed by atoms with Crippen LogP contribution in [0.15, 0.2) is 36.1 Å². The molecule has 0 aromatic heterocycles. The van der Waals surface area contributed by atoms with Crippen LogP contribution < -0.4 is 9.47 Å². The Labute approximate surface area is 187 Å². The van der Waals surface area contributed by atoms with Gasteiger partial charge in [0.05, 0.1) is 16.1 Å². The minimum atomic E-state index is -2.27. The van der Waals surface area contributed by atoms with Crippen LogP contribution in [0, 0.1) is 41.8 Å². The van der Waals surface area contributed by atoms with Gasteiger partial charge in [-0.1, -0.05) is 17.7 Å². The molecule has 0 radical (unpaired) electrons. The lowest BCUT2D eigenvalue weighted by Gasteiger charge is -2.13. The summed E-state index contributed by atoms with van der Waals surface area (Å²) in [7, 11) is 0. The van der Waals surface area contributed by atoms with Crippen molar-refractivity contribution in [2.24, 2.45) is 0 Å². The maximum absolute atomic E-state index is 14.1. The van der Waals surface area contributed by atoms with Crippen molar-refractivity contribution < 1.29 is 40.6 Å². The number of benzene rings is 3. The molecule has 33 heavy (non-hydrogen) atoms. The first-order chi connectivity index (χ1) is 15.6. The van der Waals surface area contributed by atoms with Gasteiger partial charge in [-0.15, -0.1) is 0 Å². The predicted molar refractivity (Wildman–Crippen MR) is 106 cm³/mol. The van der Waals surface area contributed by atoms with Crippen LogP contribution in [0.4, 0.5) is 26.3 Å². The Bertz CT molecular complexity index is 1300. The molecule has 0 spiro atoms. The van der Waals surface area contributed by atoms with Crippen molar-refractivity contribution >= 4 is 23.5 Å². The average molecular weight is 485 g/mol. The Balaban J connectivity index is 1.64. The largest absolute Gasteiger partial charge is 0.488 e. The molecule has 1 aliphatic heterocycles. The SMILES string of the molecule is Cc1c(OCc2c(F)c(F)c(F)c(F)c2F)ccc2c1O/C(=C\c1c(F)cccc1Cl)C2=O. The monoisotopic (exact) mass is 484 g/mol. The highest BCUT2D eigenvalue weighted by Crippen LogP contribution is 2.40. The van der Waals surface area contributed by atoms with Crippen LogP contribution in [0.2, 0.25) is 5.02 Å². The number of carbonyl (C=O) groups is 1. The summed E-state index contributed by atoms with van der Waals surface area (Å²) in [6.07, 6.45) is 1.13. The van der Waals surface area contributed by atoms with Crippen molar-refractivity contribution in [1.29, 1.82) is 0 Å². The number of fused-ring (bicyclic) bond motifs is 1. The first kappa shape index (κ1) is 22.7. The van der Waals surface area contributed by atoms with Gasteiger partial charge in [0.1, 0.15) is 23.9 Å². The van der Waals surface area contributed by atoms with E-state index >= 15 is 0 Å². The second kappa shape index (κ2) is 8.47. The van der Waals surface area contributed by atoms with E-state index in [1.165, 1.54) is 31.2 Å². The summed E-state index contributed by atoms with van der Waals surface area (Å²) in [6, 6.07) is 6.55. The van der Waals surface area contributed by atoms with Gasteiger partial charge in [-0.25, -0.2) is 26.3 Å². The van der Waals surface area contributed by atoms with Crippen LogP contribution in [0.25, 0.3) is 6.08 Å². The lowest BCUT2D eigenvalue weighted by atomic mass is 10.1. The highest BCUT2D eigenvalue weighted by molar-refractivity contribution is 6.32. The molecule has 0 aliphatic carbocycles. The minimum absolute atomic E-state index is 0.0318. The number of hydrogen-bond donors (Lipinski definition) is 0. The third-order valence-corrected chi connectivity index (χ3v) is 5.31. The molecule has 1 aliphatic rings. The lowest BCUT2D eigenvalue weighted by Crippen LogP contribution is -2.10. The molecule has 0 fully saturated rings. The summed E-state index contributed by atoms with van der Waals surface area (Å²) >= 11 is 5.97. The molecule has 0 amide bonds. The van der Waals surface area contributed by atoms with Crippen molar-refractivity contribution in [3.63, 3.8) is 0 Å². The summed E-state index contributed by atoms with van der Waals surface area (Å²) in [5.74, 6) is -11.9. The minimum Gasteiger partial charge on any atom is -0.488 e. The zero-order valence-electron chi connectivity index (χ0n) is 16.5. The Morgan fingerprint density at radius 3 is 2.21 bits per heavy atom. The van der Waals surface area contributed by atoms with Gasteiger partial charge >= 0.3 is 0 Å². The highest BCUT2D eigenvalue weighted by Gasteiger charge is 2.31. The number of Topliss-reactive ketones (excluding diaryl/α,β-unsaturated/α-hetero) is 1. The lowest BCUT2D eigenvalue weighted by molar-refractivity contribution is 0.101. The smallest absolute Gasteiger partial charge is 0.231 e. The number of rotatable bonds is 4. The molecular weight excluding hydrogens is 474 g/mol. The summed E-state index contributed by atoms with van der Waals surface area (Å²) < 4.78 is 92.6. The molecule has 4 rings (SSSR count). The molecule has 0 saturated heterocycles. The summed E-state index contributed by atoms with van der Waals surface area (Å²) in [4.78, 5) is 12.6. The van der Waals surface area contributed by atoms with E-state index in [4.69, 9.17) is 21.1 Å². The van der Waals surface area contributed by atoms with Gasteiger partial charge in [0.2, 0.25) is 11.6 Å². The fraction of sp³-hybridized carbons (Fsp3) is 0.0870. The maximum atomic E-state index is 14.1. The van der Waals surface area contributed by atoms with Crippen molar-refractivity contribution in [3.8, 4) is 11.5 Å². The van der Waals surface area contributed by atoms with Crippen molar-refractivity contribution in [1.82, 2.24) is 0 Å². The topological polar surface area (TPSA) is 35.5 Å². The van der Waals surface area contributed by atoms with E-state index in [0.717, 1.165) is 12.1 Å². The van der Waals surface area contributed by atoms with Crippen LogP contribution in [-0.2, 0) is 6.61 Å². The van der Waals surface area contributed by atoms with Crippen molar-refractivity contribution in [2.45, 2.75) is 13.5 Å². The first-order valence-corrected chi connectivity index (χ1v) is 9.64. The van der Waals surface area contributed by atoms with Crippen LogP contribution in [0.5, 0.6) is 11.5 Å². The predicted octanol–water partition coefficient (Wildman–Crippen LogP) is 6.68. The molecule has 10 heteroatoms. The average Bonchev–Trinajstić information content (AvgIpc) is 3.11. The van der Waals surface area contributed by atoms with Gasteiger partial charge in [-0.05, 0) is 37.3 Å². The Morgan fingerprint density at radius 1 is 0.939 bits per heavy atom. The number of ether oxygens (including phenoxy) is 2. The van der Waals surface area contributed by atoms with Gasteiger partial charge in [-0.2, -0.15) is 0 Å². The van der Waals surface area contributed by atoms with Gasteiger partial charge in [0.25, 0.3) is 0 Å². The van der Waals surface area contributed by atoms with Crippen molar-refractivity contribution in [3.05, 3.63) is 98.3 Å². The molecule has 1 heterocycles. The normalized spacial score (nSPS) is 13.9. The Hall–Kier alpha value is -3.46. The number of ketones is 1. The summed E-state index contributed by atoms with van der Waals surface area (Å²) in [5, 5.41) is 0.0541. The van der Waals surface area contributed by atoms with Crippen LogP contribution in [0.3, 0.4) is 0 Å². The van der Waals surface area contributed by atoms with Gasteiger partial charge in [0, 0.05) is 11.1 Å². The summed E-state index contributed by atoms with van der Waals surface area (Å²) in [5.41, 5.74) is -0.892. The second-order valence-corrected chi connectivity index (χ2v) is 7.38. The Kier molecular flexibility index (Phi) is 5.84. The zero-order chi connectivity index (χ0) is 24.0. The summed E-state index contributed by atoms with van der Waals surface area (Å²) in [6.45, 7) is 0.478. The van der Waals surface area contributed by atoms with E-state index in [0.29, 0.717) is 0 Å². The van der Waals surface area contributed by atoms with Gasteiger partial charge in [0.15, 0.2) is 29.0 Å². The second-order valence-electron chi connectivity index (χ2n) is 6.98. The Morgan fingerprint density at radius 2 is 1.58 bits per heavy atom. The molecule has 3 nitrogen and oxygen atoms in total. The van der Waals surface area contributed by atoms with E-state index < -0.39 is 52.9 Å². The number of hydrogen-bond acceptors (Lipinski definition) is 3. The molecule has 170 valence electrons. The fourth-order valence-electron chi connectivity index (χ4n) is 3.23. The molecule has 0 N–H and O–H groups in total. The molecule has 0 bridgehead atoms. The molecule has 0 atom stereocenters. The zero-order valence-corrected chi connectivity index (χ0v) is 17.3. The molecule has 0 saturated carbocycles. The van der Waals surface area contributed by atoms with Gasteiger partial charge < -0.3 is 9.47 Å². The first-order valence-electron chi connectivity index (χ1n) is 9.26. The third-order valence-electron chi connectivity index (χ3n) is 4.98. The molecule has 3 aromatic carbocycles. The van der Waals surface area contributed by atoms with Crippen LogP contribution >= 0.6 is 11.6 Å². The van der Waals surface area contributed by atoms with Crippen molar-refractivity contribution in [2.75, 3.05) is 0 Å². The molecular formula is C23H11ClF6O3. The van der Waals surface area contributed by atoms with Crippen LogP contribution in [-0.4, -0.2) is 5.78 Å². The van der Waals surface area contributed by atoms with E-state index in [9.17, 15) is 31.1 Å². The number of allylic oxidation sites excluding steroid dienone is 1. The maximum Gasteiger partial charge on any atom is 0.231 e. The quantitative estimate of drug-likeness (QED) is 0.179. The van der Waals surface area contributed by atoms with Crippen LogP contribution in [0.1, 0.15) is 27.0 Å². The van der Waals surface area contributed by atoms with E-state index in [2.05, 4.69) is 0 Å². The highest BCUT2D eigenvalue weighted by atomic mass is 35.5. The fourth-order valence-corrected chi connectivity index (χ4v) is 3.45. The molecule has 3 aromatic rings. The third kappa shape index (κ3) is 3.82. The number of carbonyl (C=O) groups excluding carboxylic acids is 1.